The van der Waals surface area contributed by atoms with E-state index < -0.39 is 52.8 Å². The van der Waals surface area contributed by atoms with Gasteiger partial charge in [-0.25, -0.2) is 13.9 Å². The van der Waals surface area contributed by atoms with E-state index in [2.05, 4.69) is 20.9 Å². The Morgan fingerprint density at radius 2 is 1.92 bits per heavy atom. The number of nitrogens with one attached hydrogen (secondary N) is 1. The van der Waals surface area contributed by atoms with Crippen LogP contribution >= 0.6 is 15.6 Å². The van der Waals surface area contributed by atoms with E-state index >= 15 is 0 Å². The fraction of sp³-hybridized carbons (Fsp3) is 0.667. The van der Waals surface area contributed by atoms with E-state index in [0.717, 1.165) is 11.1 Å². The molecule has 1 aliphatic rings. The molecule has 1 fully saturated rings. The van der Waals surface area contributed by atoms with Crippen molar-refractivity contribution in [1.82, 2.24) is 10.2 Å². The van der Waals surface area contributed by atoms with Gasteiger partial charge in [-0.05, 0) is 0 Å². The third kappa shape index (κ3) is 5.90. The molecule has 24 heavy (non-hydrogen) atoms. The summed E-state index contributed by atoms with van der Waals surface area (Å²) in [6.45, 7) is 2.48. The molecule has 6 N–H and O–H groups in total. The van der Waals surface area contributed by atoms with Crippen LogP contribution < -0.4 is 5.32 Å². The molecule has 2 unspecified atom stereocenters. The summed E-state index contributed by atoms with van der Waals surface area (Å²) >= 11 is 0. The molecule has 0 aromatic carbocycles. The molecule has 0 bridgehead atoms. The molecular weight excluding hydrogens is 374 g/mol. The van der Waals surface area contributed by atoms with Gasteiger partial charge in [0.05, 0.1) is 6.61 Å². The second kappa shape index (κ2) is 8.02. The molecule has 15 heteroatoms. The molecule has 0 aliphatic carbocycles. The van der Waals surface area contributed by atoms with E-state index in [1.807, 2.05) is 0 Å². The second-order valence-corrected chi connectivity index (χ2v) is 6.98. The lowest BCUT2D eigenvalue weighted by Gasteiger charge is -2.26. The van der Waals surface area contributed by atoms with E-state index in [-0.39, 0.29) is 0 Å². The molecule has 13 nitrogen and oxygen atoms in total. The number of nitrogens with zero attached hydrogens (tertiary/aromatic N) is 1. The number of phosphoric ester groups is 2. The Hall–Kier alpha value is -0.850. The van der Waals surface area contributed by atoms with Gasteiger partial charge in [-0.15, -0.1) is 0 Å². The topological polar surface area (TPSA) is 195 Å². The fourth-order valence-electron chi connectivity index (χ4n) is 1.97. The van der Waals surface area contributed by atoms with Gasteiger partial charge in [0.1, 0.15) is 18.3 Å². The standard InChI is InChI=1S/C9H18N2O11P2/c1-3-11(9(13)10-2)8-6(12)7(22-24(17,18)19)5(21-8)4-20-23(14,15)16/h3,5-8,12H,1,4H2,2H3,(H,10,13)(H2,14,15,16)(H2,17,18,19)/t5-,6?,7?,8-/m1/s1. The van der Waals surface area contributed by atoms with Gasteiger partial charge < -0.3 is 34.7 Å². The molecule has 140 valence electrons. The smallest absolute Gasteiger partial charge is 0.386 e. The SMILES string of the molecule is C=CN(C(=O)NC)[C@@H]1O[C@H](COP(=O)(O)O)C(OP(=O)(O)O)C1O. The molecule has 2 amide bonds. The summed E-state index contributed by atoms with van der Waals surface area (Å²) in [6, 6.07) is -0.763. The molecule has 0 spiro atoms. The number of carbonyl (C=O) groups excluding carboxylic acids is 1. The van der Waals surface area contributed by atoms with E-state index in [0.29, 0.717) is 0 Å². The zero-order chi connectivity index (χ0) is 18.7. The van der Waals surface area contributed by atoms with Crippen LogP contribution in [0.2, 0.25) is 0 Å². The lowest BCUT2D eigenvalue weighted by molar-refractivity contribution is -0.0639. The Morgan fingerprint density at radius 1 is 1.33 bits per heavy atom. The van der Waals surface area contributed by atoms with Crippen molar-refractivity contribution in [3.63, 3.8) is 0 Å². The van der Waals surface area contributed by atoms with Gasteiger partial charge in [-0.1, -0.05) is 6.58 Å². The van der Waals surface area contributed by atoms with E-state index in [9.17, 15) is 19.0 Å². The minimum absolute atomic E-state index is 0.763. The van der Waals surface area contributed by atoms with Crippen molar-refractivity contribution in [1.29, 1.82) is 0 Å². The number of urea groups is 1. The average Bonchev–Trinajstić information content (AvgIpc) is 2.72. The molecule has 1 aliphatic heterocycles. The first-order valence-electron chi connectivity index (χ1n) is 6.29. The highest BCUT2D eigenvalue weighted by Crippen LogP contribution is 2.44. The van der Waals surface area contributed by atoms with Gasteiger partial charge >= 0.3 is 21.7 Å². The summed E-state index contributed by atoms with van der Waals surface area (Å²) in [7, 11) is -8.72. The van der Waals surface area contributed by atoms with Gasteiger partial charge in [0.25, 0.3) is 0 Å². The maximum atomic E-state index is 11.7. The minimum atomic E-state index is -5.08. The van der Waals surface area contributed by atoms with Gasteiger partial charge in [0.2, 0.25) is 0 Å². The molecule has 0 saturated carbocycles. The molecular formula is C9H18N2O11P2. The average molecular weight is 392 g/mol. The number of ether oxygens (including phenoxy) is 1. The van der Waals surface area contributed by atoms with E-state index in [1.54, 1.807) is 0 Å². The van der Waals surface area contributed by atoms with Gasteiger partial charge in [0, 0.05) is 13.2 Å². The molecule has 4 atom stereocenters. The maximum Gasteiger partial charge on any atom is 0.470 e. The molecule has 0 radical (unpaired) electrons. The van der Waals surface area contributed by atoms with Crippen LogP contribution in [0.15, 0.2) is 12.8 Å². The van der Waals surface area contributed by atoms with Crippen LogP contribution in [0.4, 0.5) is 4.79 Å². The number of amides is 2. The molecule has 1 heterocycles. The Bertz CT molecular complexity index is 560. The lowest BCUT2D eigenvalue weighted by Crippen LogP contribution is -2.47. The molecule has 1 rings (SSSR count). The van der Waals surface area contributed by atoms with Crippen LogP contribution in [-0.2, 0) is 22.9 Å². The quantitative estimate of drug-likeness (QED) is 0.274. The lowest BCUT2D eigenvalue weighted by atomic mass is 10.1. The Morgan fingerprint density at radius 3 is 2.33 bits per heavy atom. The Balaban J connectivity index is 3.02. The number of rotatable bonds is 7. The van der Waals surface area contributed by atoms with Gasteiger partial charge in [-0.2, -0.15) is 0 Å². The van der Waals surface area contributed by atoms with Gasteiger partial charge in [0.15, 0.2) is 6.23 Å². The summed E-state index contributed by atoms with van der Waals surface area (Å²) in [4.78, 5) is 47.6. The van der Waals surface area contributed by atoms with Crippen molar-refractivity contribution in [2.24, 2.45) is 0 Å². The monoisotopic (exact) mass is 392 g/mol. The first-order valence-corrected chi connectivity index (χ1v) is 9.36. The first-order chi connectivity index (χ1) is 10.9. The summed E-state index contributed by atoms with van der Waals surface area (Å²) in [6.07, 6.45) is -5.48. The van der Waals surface area contributed by atoms with Crippen molar-refractivity contribution in [2.45, 2.75) is 24.5 Å². The highest BCUT2D eigenvalue weighted by Gasteiger charge is 2.50. The van der Waals surface area contributed by atoms with Crippen LogP contribution in [0.25, 0.3) is 0 Å². The van der Waals surface area contributed by atoms with Crippen molar-refractivity contribution in [2.75, 3.05) is 13.7 Å². The molecule has 0 aromatic heterocycles. The van der Waals surface area contributed by atoms with E-state index in [1.165, 1.54) is 7.05 Å². The summed E-state index contributed by atoms with van der Waals surface area (Å²) in [5.74, 6) is 0. The fourth-order valence-corrected chi connectivity index (χ4v) is 2.89. The number of hydrogen-bond acceptors (Lipinski definition) is 7. The molecule has 1 saturated heterocycles. The van der Waals surface area contributed by atoms with Crippen molar-refractivity contribution in [3.05, 3.63) is 12.8 Å². The number of hydrogen-bond donors (Lipinski definition) is 6. The number of carbonyl (C=O) groups is 1. The summed E-state index contributed by atoms with van der Waals surface area (Å²) < 4.78 is 35.6. The number of phosphoric acid groups is 2. The highest BCUT2D eigenvalue weighted by molar-refractivity contribution is 7.46. The van der Waals surface area contributed by atoms with Crippen LogP contribution in [0.3, 0.4) is 0 Å². The van der Waals surface area contributed by atoms with Crippen LogP contribution in [0.1, 0.15) is 0 Å². The number of aliphatic hydroxyl groups is 1. The first kappa shape index (κ1) is 21.2. The van der Waals surface area contributed by atoms with E-state index in [4.69, 9.17) is 24.3 Å². The normalized spacial score (nSPS) is 27.8. The van der Waals surface area contributed by atoms with Crippen molar-refractivity contribution in [3.8, 4) is 0 Å². The van der Waals surface area contributed by atoms with Crippen molar-refractivity contribution >= 4 is 21.7 Å². The van der Waals surface area contributed by atoms with Crippen LogP contribution in [0, 0.1) is 0 Å². The Kier molecular flexibility index (Phi) is 7.08. The maximum absolute atomic E-state index is 11.7. The largest absolute Gasteiger partial charge is 0.470 e. The van der Waals surface area contributed by atoms with Gasteiger partial charge in [-0.3, -0.25) is 13.9 Å². The summed E-state index contributed by atoms with van der Waals surface area (Å²) in [5.41, 5.74) is 0. The zero-order valence-corrected chi connectivity index (χ0v) is 14.1. The molecule has 0 aromatic rings. The minimum Gasteiger partial charge on any atom is -0.386 e. The van der Waals surface area contributed by atoms with Crippen molar-refractivity contribution < 1.29 is 52.4 Å². The number of aliphatic hydroxyl groups excluding tert-OH is 1. The third-order valence-electron chi connectivity index (χ3n) is 2.89. The second-order valence-electron chi connectivity index (χ2n) is 4.55. The zero-order valence-electron chi connectivity index (χ0n) is 12.3. The summed E-state index contributed by atoms with van der Waals surface area (Å²) in [5, 5.41) is 12.4. The Labute approximate surface area is 136 Å². The van der Waals surface area contributed by atoms with Crippen LogP contribution in [-0.4, -0.2) is 73.8 Å². The highest BCUT2D eigenvalue weighted by atomic mass is 31.2. The third-order valence-corrected chi connectivity index (χ3v) is 3.90. The van der Waals surface area contributed by atoms with Crippen LogP contribution in [0.5, 0.6) is 0 Å². The predicted molar refractivity (Wildman–Crippen MR) is 76.1 cm³/mol. The predicted octanol–water partition coefficient (Wildman–Crippen LogP) is -1.56.